The van der Waals surface area contributed by atoms with Gasteiger partial charge >= 0.3 is 0 Å². The Morgan fingerprint density at radius 2 is 1.92 bits per heavy atom. The van der Waals surface area contributed by atoms with E-state index in [0.29, 0.717) is 17.1 Å². The van der Waals surface area contributed by atoms with E-state index in [2.05, 4.69) is 10.9 Å². The third-order valence-corrected chi connectivity index (χ3v) is 3.41. The zero-order valence-electron chi connectivity index (χ0n) is 13.3. The Morgan fingerprint density at radius 1 is 1.12 bits per heavy atom. The quantitative estimate of drug-likeness (QED) is 0.783. The summed E-state index contributed by atoms with van der Waals surface area (Å²) < 4.78 is 15.3. The molecule has 2 aromatic rings. The Balaban J connectivity index is 1.50. The SMILES string of the molecule is CN(CC(=O)NNC(=O)c1ccc2c(c1)OCO2)C(=O)c1ccco1. The van der Waals surface area contributed by atoms with Crippen molar-refractivity contribution >= 4 is 17.7 Å². The molecule has 130 valence electrons. The summed E-state index contributed by atoms with van der Waals surface area (Å²) in [6, 6.07) is 7.73. The third-order valence-electron chi connectivity index (χ3n) is 3.41. The topological polar surface area (TPSA) is 110 Å². The first-order valence-electron chi connectivity index (χ1n) is 7.32. The van der Waals surface area contributed by atoms with Crippen molar-refractivity contribution in [3.63, 3.8) is 0 Å². The monoisotopic (exact) mass is 345 g/mol. The second-order valence-corrected chi connectivity index (χ2v) is 5.21. The fraction of sp³-hybridized carbons (Fsp3) is 0.188. The number of ether oxygens (including phenoxy) is 2. The second-order valence-electron chi connectivity index (χ2n) is 5.21. The average molecular weight is 345 g/mol. The Kier molecular flexibility index (Phi) is 4.55. The van der Waals surface area contributed by atoms with Crippen LogP contribution in [0, 0.1) is 0 Å². The standard InChI is InChI=1S/C16H15N3O6/c1-19(16(22)12-3-2-6-23-12)8-14(20)17-18-15(21)10-4-5-11-13(7-10)25-9-24-11/h2-7H,8-9H2,1H3,(H,17,20)(H,18,21). The summed E-state index contributed by atoms with van der Waals surface area (Å²) in [6.45, 7) is -0.145. The predicted octanol–water partition coefficient (Wildman–Crippen LogP) is 0.541. The number of furan rings is 1. The molecule has 3 rings (SSSR count). The Hall–Kier alpha value is -3.49. The molecule has 1 aromatic carbocycles. The van der Waals surface area contributed by atoms with Crippen molar-refractivity contribution in [1.29, 1.82) is 0 Å². The van der Waals surface area contributed by atoms with E-state index in [4.69, 9.17) is 13.9 Å². The van der Waals surface area contributed by atoms with Gasteiger partial charge in [-0.2, -0.15) is 0 Å². The lowest BCUT2D eigenvalue weighted by atomic mass is 10.2. The van der Waals surface area contributed by atoms with Crippen LogP contribution in [0.15, 0.2) is 41.0 Å². The van der Waals surface area contributed by atoms with E-state index in [1.54, 1.807) is 18.2 Å². The second kappa shape index (κ2) is 6.95. The minimum atomic E-state index is -0.559. The normalized spacial score (nSPS) is 11.7. The molecule has 0 aliphatic carbocycles. The molecule has 2 N–H and O–H groups in total. The van der Waals surface area contributed by atoms with Gasteiger partial charge in [0.2, 0.25) is 6.79 Å². The van der Waals surface area contributed by atoms with Crippen LogP contribution in [0.25, 0.3) is 0 Å². The van der Waals surface area contributed by atoms with Crippen molar-refractivity contribution in [3.8, 4) is 11.5 Å². The maximum Gasteiger partial charge on any atom is 0.289 e. The Morgan fingerprint density at radius 3 is 2.68 bits per heavy atom. The van der Waals surface area contributed by atoms with Crippen LogP contribution < -0.4 is 20.3 Å². The highest BCUT2D eigenvalue weighted by Crippen LogP contribution is 2.32. The molecule has 0 bridgehead atoms. The lowest BCUT2D eigenvalue weighted by Gasteiger charge is -2.15. The molecule has 0 atom stereocenters. The number of hydrazine groups is 1. The van der Waals surface area contributed by atoms with Crippen LogP contribution in [0.3, 0.4) is 0 Å². The Bertz CT molecular complexity index is 802. The fourth-order valence-electron chi connectivity index (χ4n) is 2.15. The number of benzene rings is 1. The van der Waals surface area contributed by atoms with Crippen LogP contribution in [0.4, 0.5) is 0 Å². The molecule has 0 spiro atoms. The van der Waals surface area contributed by atoms with E-state index in [9.17, 15) is 14.4 Å². The smallest absolute Gasteiger partial charge is 0.289 e. The van der Waals surface area contributed by atoms with Gasteiger partial charge in [0.15, 0.2) is 17.3 Å². The van der Waals surface area contributed by atoms with Crippen LogP contribution in [-0.2, 0) is 4.79 Å². The van der Waals surface area contributed by atoms with E-state index >= 15 is 0 Å². The molecule has 1 aromatic heterocycles. The minimum Gasteiger partial charge on any atom is -0.459 e. The van der Waals surface area contributed by atoms with Crippen molar-refractivity contribution in [3.05, 3.63) is 47.9 Å². The van der Waals surface area contributed by atoms with Crippen molar-refractivity contribution in [2.75, 3.05) is 20.4 Å². The lowest BCUT2D eigenvalue weighted by molar-refractivity contribution is -0.122. The molecule has 2 heterocycles. The summed E-state index contributed by atoms with van der Waals surface area (Å²) in [5.41, 5.74) is 4.81. The fourth-order valence-corrected chi connectivity index (χ4v) is 2.15. The van der Waals surface area contributed by atoms with Crippen LogP contribution in [0.1, 0.15) is 20.9 Å². The first-order valence-corrected chi connectivity index (χ1v) is 7.32. The molecular weight excluding hydrogens is 330 g/mol. The molecule has 0 unspecified atom stereocenters. The van der Waals surface area contributed by atoms with E-state index in [1.807, 2.05) is 0 Å². The molecule has 3 amide bonds. The number of hydrogen-bond donors (Lipinski definition) is 2. The maximum atomic E-state index is 12.0. The highest BCUT2D eigenvalue weighted by atomic mass is 16.7. The van der Waals surface area contributed by atoms with Gasteiger partial charge in [0, 0.05) is 12.6 Å². The predicted molar refractivity (Wildman–Crippen MR) is 83.8 cm³/mol. The van der Waals surface area contributed by atoms with E-state index in [1.165, 1.54) is 30.3 Å². The Labute approximate surface area is 142 Å². The average Bonchev–Trinajstić information content (AvgIpc) is 3.29. The van der Waals surface area contributed by atoms with Crippen molar-refractivity contribution in [2.24, 2.45) is 0 Å². The zero-order valence-corrected chi connectivity index (χ0v) is 13.3. The molecule has 0 saturated heterocycles. The number of nitrogens with zero attached hydrogens (tertiary/aromatic N) is 1. The molecule has 9 heteroatoms. The molecule has 0 saturated carbocycles. The van der Waals surface area contributed by atoms with Crippen LogP contribution in [-0.4, -0.2) is 43.0 Å². The summed E-state index contributed by atoms with van der Waals surface area (Å²) in [4.78, 5) is 37.0. The van der Waals surface area contributed by atoms with Crippen molar-refractivity contribution in [2.45, 2.75) is 0 Å². The number of carbonyl (C=O) groups is 3. The first-order chi connectivity index (χ1) is 12.0. The van der Waals surface area contributed by atoms with Gasteiger partial charge in [-0.1, -0.05) is 0 Å². The molecular formula is C16H15N3O6. The molecule has 1 aliphatic heterocycles. The summed E-state index contributed by atoms with van der Waals surface area (Å²) in [6.07, 6.45) is 1.37. The number of amides is 3. The summed E-state index contributed by atoms with van der Waals surface area (Å²) in [5.74, 6) is -0.383. The molecule has 0 fully saturated rings. The third kappa shape index (κ3) is 3.71. The van der Waals surface area contributed by atoms with Crippen molar-refractivity contribution in [1.82, 2.24) is 15.8 Å². The van der Waals surface area contributed by atoms with Crippen LogP contribution in [0.5, 0.6) is 11.5 Å². The lowest BCUT2D eigenvalue weighted by Crippen LogP contribution is -2.46. The molecule has 1 aliphatic rings. The van der Waals surface area contributed by atoms with Gasteiger partial charge in [-0.05, 0) is 30.3 Å². The highest BCUT2D eigenvalue weighted by Gasteiger charge is 2.19. The summed E-state index contributed by atoms with van der Waals surface area (Å²) in [7, 11) is 1.45. The van der Waals surface area contributed by atoms with Gasteiger partial charge in [-0.25, -0.2) is 0 Å². The zero-order chi connectivity index (χ0) is 17.8. The van der Waals surface area contributed by atoms with Crippen molar-refractivity contribution < 1.29 is 28.3 Å². The molecule has 9 nitrogen and oxygen atoms in total. The van der Waals surface area contributed by atoms with E-state index in [-0.39, 0.29) is 19.1 Å². The van der Waals surface area contributed by atoms with Gasteiger partial charge in [-0.15, -0.1) is 0 Å². The number of carbonyl (C=O) groups excluding carboxylic acids is 3. The minimum absolute atomic E-state index is 0.104. The largest absolute Gasteiger partial charge is 0.459 e. The summed E-state index contributed by atoms with van der Waals surface area (Å²) >= 11 is 0. The molecule has 25 heavy (non-hydrogen) atoms. The maximum absolute atomic E-state index is 12.0. The number of likely N-dealkylation sites (N-methyl/N-ethyl adjacent to an activating group) is 1. The number of fused-ring (bicyclic) bond motifs is 1. The number of hydrogen-bond acceptors (Lipinski definition) is 6. The highest BCUT2D eigenvalue weighted by molar-refractivity contribution is 5.97. The number of rotatable bonds is 4. The first kappa shape index (κ1) is 16.4. The van der Waals surface area contributed by atoms with Gasteiger partial charge in [-0.3, -0.25) is 25.2 Å². The van der Waals surface area contributed by atoms with Crippen LogP contribution in [0.2, 0.25) is 0 Å². The van der Waals surface area contributed by atoms with Gasteiger partial charge in [0.25, 0.3) is 17.7 Å². The van der Waals surface area contributed by atoms with E-state index in [0.717, 1.165) is 0 Å². The molecule has 0 radical (unpaired) electrons. The van der Waals surface area contributed by atoms with Crippen LogP contribution >= 0.6 is 0 Å². The number of nitrogens with one attached hydrogen (secondary N) is 2. The van der Waals surface area contributed by atoms with Gasteiger partial charge in [0.05, 0.1) is 6.26 Å². The van der Waals surface area contributed by atoms with Gasteiger partial charge < -0.3 is 18.8 Å². The van der Waals surface area contributed by atoms with E-state index < -0.39 is 17.7 Å². The van der Waals surface area contributed by atoms with Gasteiger partial charge in [0.1, 0.15) is 6.54 Å². The summed E-state index contributed by atoms with van der Waals surface area (Å²) in [5, 5.41) is 0.